The number of ether oxygens (including phenoxy) is 1. The van der Waals surface area contributed by atoms with Crippen molar-refractivity contribution in [1.82, 2.24) is 20.2 Å². The Labute approximate surface area is 132 Å². The van der Waals surface area contributed by atoms with Crippen molar-refractivity contribution in [2.75, 3.05) is 27.2 Å². The fourth-order valence-corrected chi connectivity index (χ4v) is 3.09. The molecule has 0 radical (unpaired) electrons. The van der Waals surface area contributed by atoms with Gasteiger partial charge in [-0.25, -0.2) is 9.97 Å². The van der Waals surface area contributed by atoms with Gasteiger partial charge in [-0.15, -0.1) is 0 Å². The molecule has 1 aliphatic heterocycles. The first-order valence-corrected chi connectivity index (χ1v) is 7.83. The van der Waals surface area contributed by atoms with E-state index >= 15 is 0 Å². The fourth-order valence-electron chi connectivity index (χ4n) is 3.09. The Bertz CT molecular complexity index is 509. The highest BCUT2D eigenvalue weighted by molar-refractivity contribution is 5.75. The summed E-state index contributed by atoms with van der Waals surface area (Å²) in [4.78, 5) is 22.5. The van der Waals surface area contributed by atoms with Gasteiger partial charge in [-0.1, -0.05) is 0 Å². The maximum Gasteiger partial charge on any atom is 0.219 e. The first-order chi connectivity index (χ1) is 10.6. The molecular formula is C16H26N4O2. The van der Waals surface area contributed by atoms with E-state index in [4.69, 9.17) is 4.74 Å². The van der Waals surface area contributed by atoms with Gasteiger partial charge >= 0.3 is 0 Å². The Morgan fingerprint density at radius 3 is 3.05 bits per heavy atom. The van der Waals surface area contributed by atoms with E-state index in [0.717, 1.165) is 50.4 Å². The molecule has 2 heterocycles. The van der Waals surface area contributed by atoms with Crippen LogP contribution in [-0.2, 0) is 16.1 Å². The summed E-state index contributed by atoms with van der Waals surface area (Å²) in [5.74, 6) is 0.868. The molecule has 22 heavy (non-hydrogen) atoms. The average Bonchev–Trinajstić information content (AvgIpc) is 2.53. The Hall–Kier alpha value is -1.53. The van der Waals surface area contributed by atoms with Gasteiger partial charge in [0.2, 0.25) is 5.91 Å². The molecule has 1 saturated heterocycles. The van der Waals surface area contributed by atoms with E-state index < -0.39 is 0 Å². The minimum absolute atomic E-state index is 0.0694. The quantitative estimate of drug-likeness (QED) is 0.858. The molecule has 122 valence electrons. The van der Waals surface area contributed by atoms with E-state index in [1.165, 1.54) is 0 Å². The van der Waals surface area contributed by atoms with Gasteiger partial charge in [0.15, 0.2) is 0 Å². The van der Waals surface area contributed by atoms with E-state index in [9.17, 15) is 4.79 Å². The lowest BCUT2D eigenvalue weighted by Gasteiger charge is -2.42. The third kappa shape index (κ3) is 4.48. The highest BCUT2D eigenvalue weighted by Crippen LogP contribution is 2.29. The Morgan fingerprint density at radius 1 is 1.55 bits per heavy atom. The van der Waals surface area contributed by atoms with Crippen LogP contribution in [0.25, 0.3) is 0 Å². The summed E-state index contributed by atoms with van der Waals surface area (Å²) in [7, 11) is 3.43. The van der Waals surface area contributed by atoms with Crippen LogP contribution in [0.2, 0.25) is 0 Å². The van der Waals surface area contributed by atoms with Gasteiger partial charge in [0, 0.05) is 39.9 Å². The van der Waals surface area contributed by atoms with Gasteiger partial charge in [-0.05, 0) is 38.8 Å². The van der Waals surface area contributed by atoms with Crippen molar-refractivity contribution in [1.29, 1.82) is 0 Å². The van der Waals surface area contributed by atoms with Crippen molar-refractivity contribution in [2.45, 2.75) is 44.8 Å². The molecule has 0 unspecified atom stereocenters. The standard InChI is InChI=1S/C16H26N4O2/c1-13-18-9-6-14(19-13)11-20-10-4-7-16(12-20,22-3)8-5-15(21)17-2/h6,9H,4-5,7-8,10-12H2,1-3H3,(H,17,21)/t16-/m0/s1. The van der Waals surface area contributed by atoms with Crippen LogP contribution in [0.5, 0.6) is 0 Å². The van der Waals surface area contributed by atoms with E-state index in [0.29, 0.717) is 6.42 Å². The van der Waals surface area contributed by atoms with Crippen molar-refractivity contribution < 1.29 is 9.53 Å². The van der Waals surface area contributed by atoms with Crippen LogP contribution in [-0.4, -0.2) is 53.6 Å². The highest BCUT2D eigenvalue weighted by atomic mass is 16.5. The Kier molecular flexibility index (Phi) is 5.85. The molecule has 0 spiro atoms. The predicted octanol–water partition coefficient (Wildman–Crippen LogP) is 1.29. The number of hydrogen-bond acceptors (Lipinski definition) is 5. The molecule has 6 nitrogen and oxygen atoms in total. The molecule has 1 N–H and O–H groups in total. The number of aromatic nitrogens is 2. The molecular weight excluding hydrogens is 280 g/mol. The molecule has 1 fully saturated rings. The Balaban J connectivity index is 1.98. The molecule has 6 heteroatoms. The SMILES string of the molecule is CNC(=O)CC[C@@]1(OC)CCCN(Cc2ccnc(C)n2)C1. The number of aryl methyl sites for hydroxylation is 1. The zero-order valence-corrected chi connectivity index (χ0v) is 13.8. The number of carbonyl (C=O) groups is 1. The molecule has 0 aromatic carbocycles. The van der Waals surface area contributed by atoms with E-state index in [1.54, 1.807) is 20.4 Å². The van der Waals surface area contributed by atoms with Crippen LogP contribution in [0.15, 0.2) is 12.3 Å². The number of hydrogen-bond donors (Lipinski definition) is 1. The van der Waals surface area contributed by atoms with E-state index in [1.807, 2.05) is 13.0 Å². The maximum absolute atomic E-state index is 11.5. The molecule has 1 atom stereocenters. The summed E-state index contributed by atoms with van der Waals surface area (Å²) in [6, 6.07) is 1.96. The number of carbonyl (C=O) groups excluding carboxylic acids is 1. The van der Waals surface area contributed by atoms with Crippen LogP contribution in [0.1, 0.15) is 37.2 Å². The number of methoxy groups -OCH3 is 1. The molecule has 0 aliphatic carbocycles. The number of likely N-dealkylation sites (tertiary alicyclic amines) is 1. The van der Waals surface area contributed by atoms with Crippen LogP contribution < -0.4 is 5.32 Å². The van der Waals surface area contributed by atoms with Crippen molar-refractivity contribution >= 4 is 5.91 Å². The molecule has 2 rings (SSSR count). The van der Waals surface area contributed by atoms with Gasteiger partial charge in [-0.3, -0.25) is 9.69 Å². The monoisotopic (exact) mass is 306 g/mol. The van der Waals surface area contributed by atoms with Gasteiger partial charge in [0.1, 0.15) is 5.82 Å². The van der Waals surface area contributed by atoms with Gasteiger partial charge in [0.05, 0.1) is 11.3 Å². The van der Waals surface area contributed by atoms with E-state index in [2.05, 4.69) is 20.2 Å². The smallest absolute Gasteiger partial charge is 0.219 e. The maximum atomic E-state index is 11.5. The predicted molar refractivity (Wildman–Crippen MR) is 84.3 cm³/mol. The van der Waals surface area contributed by atoms with Crippen LogP contribution in [0, 0.1) is 6.92 Å². The van der Waals surface area contributed by atoms with Gasteiger partial charge in [-0.2, -0.15) is 0 Å². The summed E-state index contributed by atoms with van der Waals surface area (Å²) in [6.45, 7) is 4.58. The number of nitrogens with one attached hydrogen (secondary N) is 1. The lowest BCUT2D eigenvalue weighted by Crippen LogP contribution is -2.49. The minimum atomic E-state index is -0.229. The Morgan fingerprint density at radius 2 is 2.36 bits per heavy atom. The molecule has 1 aliphatic rings. The third-order valence-corrected chi connectivity index (χ3v) is 4.36. The molecule has 1 amide bonds. The highest BCUT2D eigenvalue weighted by Gasteiger charge is 2.35. The van der Waals surface area contributed by atoms with Gasteiger partial charge in [0.25, 0.3) is 0 Å². The number of nitrogens with zero attached hydrogens (tertiary/aromatic N) is 3. The normalized spacial score (nSPS) is 22.5. The topological polar surface area (TPSA) is 67.3 Å². The molecule has 0 bridgehead atoms. The van der Waals surface area contributed by atoms with Crippen LogP contribution >= 0.6 is 0 Å². The van der Waals surface area contributed by atoms with Crippen LogP contribution in [0.3, 0.4) is 0 Å². The second-order valence-electron chi connectivity index (χ2n) is 5.97. The lowest BCUT2D eigenvalue weighted by molar-refractivity contribution is -0.124. The minimum Gasteiger partial charge on any atom is -0.377 e. The summed E-state index contributed by atoms with van der Waals surface area (Å²) in [5.41, 5.74) is 0.804. The van der Waals surface area contributed by atoms with E-state index in [-0.39, 0.29) is 11.5 Å². The number of rotatable bonds is 6. The summed E-state index contributed by atoms with van der Waals surface area (Å²) >= 11 is 0. The number of piperidine rings is 1. The number of amides is 1. The first-order valence-electron chi connectivity index (χ1n) is 7.83. The summed E-state index contributed by atoms with van der Waals surface area (Å²) in [6.07, 6.45) is 5.13. The van der Waals surface area contributed by atoms with Gasteiger partial charge < -0.3 is 10.1 Å². The zero-order valence-electron chi connectivity index (χ0n) is 13.8. The summed E-state index contributed by atoms with van der Waals surface area (Å²) in [5, 5.41) is 2.68. The molecule has 1 aromatic heterocycles. The van der Waals surface area contributed by atoms with Crippen molar-refractivity contribution in [3.05, 3.63) is 23.8 Å². The lowest BCUT2D eigenvalue weighted by atomic mass is 9.87. The average molecular weight is 306 g/mol. The zero-order chi connectivity index (χ0) is 16.0. The molecule has 1 aromatic rings. The van der Waals surface area contributed by atoms with Crippen molar-refractivity contribution in [3.8, 4) is 0 Å². The molecule has 0 saturated carbocycles. The third-order valence-electron chi connectivity index (χ3n) is 4.36. The fraction of sp³-hybridized carbons (Fsp3) is 0.688. The van der Waals surface area contributed by atoms with Crippen molar-refractivity contribution in [3.63, 3.8) is 0 Å². The second-order valence-corrected chi connectivity index (χ2v) is 5.97. The summed E-state index contributed by atoms with van der Waals surface area (Å²) < 4.78 is 5.81. The first kappa shape index (κ1) is 16.8. The van der Waals surface area contributed by atoms with Crippen LogP contribution in [0.4, 0.5) is 0 Å². The van der Waals surface area contributed by atoms with Crippen molar-refractivity contribution in [2.24, 2.45) is 0 Å². The largest absolute Gasteiger partial charge is 0.377 e. The second kappa shape index (κ2) is 7.65.